The molecule has 0 saturated carbocycles. The van der Waals surface area contributed by atoms with Gasteiger partial charge in [-0.25, -0.2) is 4.79 Å². The van der Waals surface area contributed by atoms with Gasteiger partial charge < -0.3 is 18.7 Å². The van der Waals surface area contributed by atoms with E-state index >= 15 is 0 Å². The molecule has 1 unspecified atom stereocenters. The molecule has 1 aliphatic heterocycles. The summed E-state index contributed by atoms with van der Waals surface area (Å²) in [6, 6.07) is 13.9. The van der Waals surface area contributed by atoms with Gasteiger partial charge in [-0.1, -0.05) is 18.2 Å². The van der Waals surface area contributed by atoms with Gasteiger partial charge in [-0.05, 0) is 51.1 Å². The van der Waals surface area contributed by atoms with Crippen molar-refractivity contribution in [2.45, 2.75) is 32.9 Å². The third kappa shape index (κ3) is 3.34. The lowest BCUT2D eigenvalue weighted by Crippen LogP contribution is -2.41. The van der Waals surface area contributed by atoms with Crippen LogP contribution in [0.5, 0.6) is 0 Å². The zero-order valence-electron chi connectivity index (χ0n) is 18.5. The molecule has 3 aromatic heterocycles. The van der Waals surface area contributed by atoms with Crippen LogP contribution in [0.4, 0.5) is 4.79 Å². The van der Waals surface area contributed by atoms with Gasteiger partial charge in [0.05, 0.1) is 19.4 Å². The Morgan fingerprint density at radius 2 is 1.88 bits per heavy atom. The lowest BCUT2D eigenvalue weighted by Gasteiger charge is -2.18. The van der Waals surface area contributed by atoms with Gasteiger partial charge in [-0.2, -0.15) is 0 Å². The van der Waals surface area contributed by atoms with Crippen molar-refractivity contribution in [1.29, 1.82) is 0 Å². The first-order chi connectivity index (χ1) is 15.8. The number of Topliss-reactive ketones (excluding diaryl/α,β-unsaturated/α-hetero) is 1. The fourth-order valence-electron chi connectivity index (χ4n) is 4.35. The minimum absolute atomic E-state index is 0.314. The van der Waals surface area contributed by atoms with Crippen LogP contribution in [-0.4, -0.2) is 33.7 Å². The van der Waals surface area contributed by atoms with Crippen LogP contribution in [0.25, 0.3) is 11.0 Å². The summed E-state index contributed by atoms with van der Waals surface area (Å²) >= 11 is 0. The highest BCUT2D eigenvalue weighted by atomic mass is 16.3. The van der Waals surface area contributed by atoms with Gasteiger partial charge in [-0.3, -0.25) is 14.5 Å². The standard InChI is InChI=1S/C25H23N3O5/c1-15-11-19(16(2)27(15)13-18-8-6-10-32-18)20(29)14-28-23(30)25(3,26-24(28)31)22-12-17-7-4-5-9-21(17)33-22/h4-12H,13-14H2,1-3H3,(H,26,31). The topological polar surface area (TPSA) is 97.7 Å². The molecule has 168 valence electrons. The summed E-state index contributed by atoms with van der Waals surface area (Å²) in [7, 11) is 0. The lowest BCUT2D eigenvalue weighted by atomic mass is 9.98. The number of hydrogen-bond acceptors (Lipinski definition) is 5. The van der Waals surface area contributed by atoms with Gasteiger partial charge in [0.25, 0.3) is 5.91 Å². The highest BCUT2D eigenvalue weighted by molar-refractivity contribution is 6.11. The number of furan rings is 2. The number of carbonyl (C=O) groups excluding carboxylic acids is 3. The van der Waals surface area contributed by atoms with E-state index in [4.69, 9.17) is 8.83 Å². The molecule has 1 N–H and O–H groups in total. The smallest absolute Gasteiger partial charge is 0.325 e. The number of hydrogen-bond donors (Lipinski definition) is 1. The van der Waals surface area contributed by atoms with E-state index in [1.807, 2.05) is 48.7 Å². The van der Waals surface area contributed by atoms with Crippen LogP contribution < -0.4 is 5.32 Å². The number of rotatable bonds is 6. The van der Waals surface area contributed by atoms with Crippen molar-refractivity contribution >= 4 is 28.7 Å². The van der Waals surface area contributed by atoms with E-state index in [1.165, 1.54) is 0 Å². The van der Waals surface area contributed by atoms with E-state index in [1.54, 1.807) is 31.4 Å². The minimum atomic E-state index is -1.38. The highest BCUT2D eigenvalue weighted by Crippen LogP contribution is 2.33. The molecular weight excluding hydrogens is 422 g/mol. The van der Waals surface area contributed by atoms with Crippen LogP contribution in [0.15, 0.2) is 63.6 Å². The van der Waals surface area contributed by atoms with E-state index in [9.17, 15) is 14.4 Å². The molecule has 3 amide bonds. The van der Waals surface area contributed by atoms with Crippen LogP contribution in [0, 0.1) is 13.8 Å². The summed E-state index contributed by atoms with van der Waals surface area (Å²) in [5.74, 6) is 0.260. The molecule has 4 heterocycles. The van der Waals surface area contributed by atoms with Crippen molar-refractivity contribution in [3.8, 4) is 0 Å². The average Bonchev–Trinajstić information content (AvgIpc) is 3.55. The molecule has 33 heavy (non-hydrogen) atoms. The third-order valence-electron chi connectivity index (χ3n) is 6.26. The first-order valence-electron chi connectivity index (χ1n) is 10.6. The van der Waals surface area contributed by atoms with Crippen LogP contribution in [0.3, 0.4) is 0 Å². The average molecular weight is 445 g/mol. The Morgan fingerprint density at radius 3 is 2.61 bits per heavy atom. The molecule has 0 aliphatic carbocycles. The lowest BCUT2D eigenvalue weighted by molar-refractivity contribution is -0.131. The summed E-state index contributed by atoms with van der Waals surface area (Å²) < 4.78 is 13.2. The molecule has 1 saturated heterocycles. The van der Waals surface area contributed by atoms with Crippen LogP contribution in [0.1, 0.15) is 40.2 Å². The Kier molecular flexibility index (Phi) is 4.74. The van der Waals surface area contributed by atoms with E-state index in [2.05, 4.69) is 5.32 Å². The number of ketones is 1. The summed E-state index contributed by atoms with van der Waals surface area (Å²) in [6.07, 6.45) is 1.60. The number of nitrogens with zero attached hydrogens (tertiary/aromatic N) is 2. The Labute approximate surface area is 189 Å². The van der Waals surface area contributed by atoms with Gasteiger partial charge >= 0.3 is 6.03 Å². The molecule has 1 atom stereocenters. The van der Waals surface area contributed by atoms with Crippen molar-refractivity contribution in [3.63, 3.8) is 0 Å². The number of aromatic nitrogens is 1. The number of benzene rings is 1. The molecule has 1 aromatic carbocycles. The van der Waals surface area contributed by atoms with E-state index < -0.39 is 17.5 Å². The van der Waals surface area contributed by atoms with Gasteiger partial charge in [0, 0.05) is 22.3 Å². The Morgan fingerprint density at radius 1 is 1.09 bits per heavy atom. The molecule has 8 heteroatoms. The maximum Gasteiger partial charge on any atom is 0.325 e. The quantitative estimate of drug-likeness (QED) is 0.355. The van der Waals surface area contributed by atoms with Crippen molar-refractivity contribution in [1.82, 2.24) is 14.8 Å². The zero-order chi connectivity index (χ0) is 23.3. The normalized spacial score (nSPS) is 18.3. The second kappa shape index (κ2) is 7.51. The molecule has 0 radical (unpaired) electrons. The van der Waals surface area contributed by atoms with Crippen LogP contribution >= 0.6 is 0 Å². The molecule has 0 spiro atoms. The van der Waals surface area contributed by atoms with Crippen molar-refractivity contribution in [3.05, 3.63) is 83.3 Å². The monoisotopic (exact) mass is 445 g/mol. The van der Waals surface area contributed by atoms with E-state index in [-0.39, 0.29) is 12.3 Å². The first kappa shape index (κ1) is 20.8. The second-order valence-corrected chi connectivity index (χ2v) is 8.47. The Hall–Kier alpha value is -4.07. The molecule has 0 bridgehead atoms. The number of urea groups is 1. The van der Waals surface area contributed by atoms with Gasteiger partial charge in [0.15, 0.2) is 11.3 Å². The molecule has 5 rings (SSSR count). The van der Waals surface area contributed by atoms with Crippen molar-refractivity contribution in [2.75, 3.05) is 6.54 Å². The fraction of sp³-hybridized carbons (Fsp3) is 0.240. The van der Waals surface area contributed by atoms with Crippen molar-refractivity contribution in [2.24, 2.45) is 0 Å². The second-order valence-electron chi connectivity index (χ2n) is 8.47. The number of fused-ring (bicyclic) bond motifs is 1. The maximum atomic E-state index is 13.3. The number of imide groups is 1. The molecular formula is C25H23N3O5. The Bertz CT molecular complexity index is 1360. The van der Waals surface area contributed by atoms with Gasteiger partial charge in [0.1, 0.15) is 17.1 Å². The van der Waals surface area contributed by atoms with Crippen LogP contribution in [-0.2, 0) is 16.9 Å². The predicted octanol–water partition coefficient (Wildman–Crippen LogP) is 4.14. The molecule has 1 aliphatic rings. The molecule has 1 fully saturated rings. The van der Waals surface area contributed by atoms with Gasteiger partial charge in [0.2, 0.25) is 0 Å². The minimum Gasteiger partial charge on any atom is -0.467 e. The summed E-state index contributed by atoms with van der Waals surface area (Å²) in [4.78, 5) is 40.1. The number of carbonyl (C=O) groups is 3. The number of para-hydroxylation sites is 1. The highest BCUT2D eigenvalue weighted by Gasteiger charge is 2.51. The maximum absolute atomic E-state index is 13.3. The fourth-order valence-corrected chi connectivity index (χ4v) is 4.35. The first-order valence-corrected chi connectivity index (χ1v) is 10.6. The van der Waals surface area contributed by atoms with Crippen LogP contribution in [0.2, 0.25) is 0 Å². The van der Waals surface area contributed by atoms with E-state index in [0.717, 1.165) is 27.4 Å². The van der Waals surface area contributed by atoms with E-state index in [0.29, 0.717) is 23.5 Å². The molecule has 8 nitrogen and oxygen atoms in total. The summed E-state index contributed by atoms with van der Waals surface area (Å²) in [5.41, 5.74) is 1.34. The third-order valence-corrected chi connectivity index (χ3v) is 6.26. The predicted molar refractivity (Wildman–Crippen MR) is 120 cm³/mol. The number of nitrogens with one attached hydrogen (secondary N) is 1. The summed E-state index contributed by atoms with van der Waals surface area (Å²) in [5, 5.41) is 3.53. The zero-order valence-corrected chi connectivity index (χ0v) is 18.5. The van der Waals surface area contributed by atoms with Gasteiger partial charge in [-0.15, -0.1) is 0 Å². The number of aryl methyl sites for hydroxylation is 1. The Balaban J connectivity index is 1.39. The summed E-state index contributed by atoms with van der Waals surface area (Å²) in [6.45, 7) is 5.47. The number of amides is 3. The largest absolute Gasteiger partial charge is 0.467 e. The molecule has 4 aromatic rings. The van der Waals surface area contributed by atoms with Crippen molar-refractivity contribution < 1.29 is 23.2 Å². The SMILES string of the molecule is Cc1cc(C(=O)CN2C(=O)NC(C)(c3cc4ccccc4o3)C2=O)c(C)n1Cc1ccco1.